The molecule has 1 radical (unpaired) electrons. The van der Waals surface area contributed by atoms with Crippen LogP contribution in [0.25, 0.3) is 0 Å². The van der Waals surface area contributed by atoms with Crippen LogP contribution in [0.5, 0.6) is 0 Å². The van der Waals surface area contributed by atoms with Gasteiger partial charge in [0.05, 0.1) is 10.1 Å². The molecule has 3 unspecified atom stereocenters. The van der Waals surface area contributed by atoms with Crippen molar-refractivity contribution in [2.45, 2.75) is 71.0 Å². The molecule has 0 N–H and O–H groups in total. The van der Waals surface area contributed by atoms with Crippen LogP contribution in [0.3, 0.4) is 0 Å². The fourth-order valence-electron chi connectivity index (χ4n) is 2.30. The standard InChI is InChI=1S/C14H29O3S.Na/c1-5-7-8-13(6-2)9-10-14(11-12(3)4)18(15,16)17;/h12-14H,3,5-11H2,1-2,4H3,(H,15,16,17);/q;+1/p-1. The van der Waals surface area contributed by atoms with Crippen LogP contribution >= 0.6 is 0 Å². The van der Waals surface area contributed by atoms with Crippen LogP contribution in [0.2, 0.25) is 0 Å². The van der Waals surface area contributed by atoms with Crippen molar-refractivity contribution >= 4 is 10.1 Å². The molecule has 0 heterocycles. The van der Waals surface area contributed by atoms with E-state index in [4.69, 9.17) is 0 Å². The normalized spacial score (nSPS) is 15.1. The predicted molar refractivity (Wildman–Crippen MR) is 75.2 cm³/mol. The van der Waals surface area contributed by atoms with Gasteiger partial charge in [0.25, 0.3) is 0 Å². The van der Waals surface area contributed by atoms with Crippen molar-refractivity contribution < 1.29 is 42.5 Å². The maximum atomic E-state index is 11.2. The topological polar surface area (TPSA) is 57.2 Å². The van der Waals surface area contributed by atoms with Crippen LogP contribution in [-0.2, 0) is 10.1 Å². The fraction of sp³-hybridized carbons (Fsp3) is 0.929. The van der Waals surface area contributed by atoms with Crippen LogP contribution in [0.4, 0.5) is 0 Å². The van der Waals surface area contributed by atoms with Crippen molar-refractivity contribution in [2.75, 3.05) is 0 Å². The number of hydrogen-bond donors (Lipinski definition) is 0. The van der Waals surface area contributed by atoms with E-state index in [1.807, 2.05) is 6.92 Å². The zero-order valence-electron chi connectivity index (χ0n) is 13.0. The maximum Gasteiger partial charge on any atom is 1.00 e. The number of unbranched alkanes of at least 4 members (excludes halogenated alkanes) is 1. The van der Waals surface area contributed by atoms with Gasteiger partial charge in [0.15, 0.2) is 0 Å². The van der Waals surface area contributed by atoms with Gasteiger partial charge in [-0.3, -0.25) is 0 Å². The molecule has 0 spiro atoms. The van der Waals surface area contributed by atoms with Crippen molar-refractivity contribution in [1.29, 1.82) is 0 Å². The van der Waals surface area contributed by atoms with Crippen LogP contribution in [0.1, 0.15) is 65.7 Å². The summed E-state index contributed by atoms with van der Waals surface area (Å²) in [5.41, 5.74) is 0. The van der Waals surface area contributed by atoms with E-state index in [1.165, 1.54) is 6.42 Å². The zero-order chi connectivity index (χ0) is 14.2. The minimum Gasteiger partial charge on any atom is -0.748 e. The van der Waals surface area contributed by atoms with Gasteiger partial charge in [-0.2, -0.15) is 0 Å². The van der Waals surface area contributed by atoms with Gasteiger partial charge in [0.1, 0.15) is 0 Å². The molecule has 0 aliphatic rings. The summed E-state index contributed by atoms with van der Waals surface area (Å²) in [6, 6.07) is 0. The molecule has 19 heavy (non-hydrogen) atoms. The molecule has 3 nitrogen and oxygen atoms in total. The van der Waals surface area contributed by atoms with Gasteiger partial charge in [-0.05, 0) is 31.1 Å². The van der Waals surface area contributed by atoms with Crippen molar-refractivity contribution in [2.24, 2.45) is 11.8 Å². The van der Waals surface area contributed by atoms with Gasteiger partial charge in [-0.15, -0.1) is 0 Å². The van der Waals surface area contributed by atoms with Gasteiger partial charge >= 0.3 is 29.6 Å². The second-order valence-electron chi connectivity index (χ2n) is 5.45. The van der Waals surface area contributed by atoms with Crippen molar-refractivity contribution in [3.63, 3.8) is 0 Å². The van der Waals surface area contributed by atoms with E-state index in [0.29, 0.717) is 18.8 Å². The number of hydrogen-bond acceptors (Lipinski definition) is 3. The molecule has 0 aromatic heterocycles. The molecule has 0 saturated carbocycles. The molecule has 0 bridgehead atoms. The van der Waals surface area contributed by atoms with Gasteiger partial charge in [-0.1, -0.05) is 53.4 Å². The Morgan fingerprint density at radius 3 is 2.11 bits per heavy atom. The Hall–Kier alpha value is 0.910. The van der Waals surface area contributed by atoms with E-state index < -0.39 is 15.4 Å². The monoisotopic (exact) mass is 299 g/mol. The van der Waals surface area contributed by atoms with E-state index in [0.717, 1.165) is 25.7 Å². The van der Waals surface area contributed by atoms with Gasteiger partial charge in [0.2, 0.25) is 0 Å². The summed E-state index contributed by atoms with van der Waals surface area (Å²) in [4.78, 5) is 0. The minimum atomic E-state index is -4.17. The average Bonchev–Trinajstić information content (AvgIpc) is 2.25. The Kier molecular flexibility index (Phi) is 13.5. The fourth-order valence-corrected chi connectivity index (χ4v) is 3.28. The van der Waals surface area contributed by atoms with Crippen LogP contribution < -0.4 is 29.6 Å². The molecule has 0 aliphatic heterocycles. The van der Waals surface area contributed by atoms with Crippen LogP contribution in [-0.4, -0.2) is 18.2 Å². The summed E-state index contributed by atoms with van der Waals surface area (Å²) >= 11 is 0. The number of rotatable bonds is 10. The van der Waals surface area contributed by atoms with Crippen molar-refractivity contribution in [1.82, 2.24) is 0 Å². The molecule has 0 aromatic carbocycles. The molecule has 0 amide bonds. The third-order valence-corrected chi connectivity index (χ3v) is 4.76. The largest absolute Gasteiger partial charge is 1.00 e. The second-order valence-corrected chi connectivity index (χ2v) is 7.10. The summed E-state index contributed by atoms with van der Waals surface area (Å²) in [5, 5.41) is -0.749. The van der Waals surface area contributed by atoms with Crippen molar-refractivity contribution in [3.05, 3.63) is 6.92 Å². The van der Waals surface area contributed by atoms with Gasteiger partial charge < -0.3 is 4.55 Å². The SMILES string of the molecule is [CH2]C(C)CC(CCC(CC)CCCC)S(=O)(=O)[O-].[Na+]. The first-order valence-corrected chi connectivity index (χ1v) is 8.56. The summed E-state index contributed by atoms with van der Waals surface area (Å²) in [6.45, 7) is 9.92. The van der Waals surface area contributed by atoms with E-state index >= 15 is 0 Å². The van der Waals surface area contributed by atoms with E-state index in [2.05, 4.69) is 20.8 Å². The maximum absolute atomic E-state index is 11.2. The molecule has 0 rings (SSSR count). The van der Waals surface area contributed by atoms with Crippen LogP contribution in [0.15, 0.2) is 0 Å². The Labute approximate surface area is 142 Å². The summed E-state index contributed by atoms with van der Waals surface area (Å²) < 4.78 is 33.6. The Bertz CT molecular complexity index is 302. The smallest absolute Gasteiger partial charge is 0.748 e. The summed E-state index contributed by atoms with van der Waals surface area (Å²) in [5.74, 6) is 0.559. The predicted octanol–water partition coefficient (Wildman–Crippen LogP) is 0.761. The molecule has 109 valence electrons. The molecule has 0 fully saturated rings. The van der Waals surface area contributed by atoms with Gasteiger partial charge in [0, 0.05) is 5.25 Å². The molecule has 3 atom stereocenters. The van der Waals surface area contributed by atoms with Crippen molar-refractivity contribution in [3.8, 4) is 0 Å². The van der Waals surface area contributed by atoms with Crippen LogP contribution in [0, 0.1) is 18.8 Å². The Morgan fingerprint density at radius 2 is 1.74 bits per heavy atom. The Balaban J connectivity index is 0. The molecule has 5 heteroatoms. The molecule has 0 saturated heterocycles. The minimum absolute atomic E-state index is 0. The van der Waals surface area contributed by atoms with Gasteiger partial charge in [-0.25, -0.2) is 8.42 Å². The first-order chi connectivity index (χ1) is 8.31. The molecule has 0 aromatic rings. The summed E-state index contributed by atoms with van der Waals surface area (Å²) in [6.07, 6.45) is 6.26. The molecular weight excluding hydrogens is 271 g/mol. The summed E-state index contributed by atoms with van der Waals surface area (Å²) in [7, 11) is -4.17. The Morgan fingerprint density at radius 1 is 1.16 bits per heavy atom. The van der Waals surface area contributed by atoms with E-state index in [1.54, 1.807) is 0 Å². The molecular formula is C14H28NaO3S. The van der Waals surface area contributed by atoms with E-state index in [-0.39, 0.29) is 35.5 Å². The quantitative estimate of drug-likeness (QED) is 0.442. The first kappa shape index (κ1) is 22.2. The van der Waals surface area contributed by atoms with E-state index in [9.17, 15) is 13.0 Å². The molecule has 0 aliphatic carbocycles. The zero-order valence-corrected chi connectivity index (χ0v) is 15.8. The third-order valence-electron chi connectivity index (χ3n) is 3.51. The average molecular weight is 299 g/mol. The third kappa shape index (κ3) is 11.3. The second kappa shape index (κ2) is 11.6. The first-order valence-electron chi connectivity index (χ1n) is 7.09.